The maximum absolute atomic E-state index is 12.4. The SMILES string of the molecule is Cc1c(C(=O)/C=C/c2ccc(Cl)cc2)nnn1-c1ccc(Br)cc1. The molecule has 120 valence electrons. The summed E-state index contributed by atoms with van der Waals surface area (Å²) in [6.45, 7) is 1.82. The van der Waals surface area contributed by atoms with E-state index >= 15 is 0 Å². The highest BCUT2D eigenvalue weighted by Crippen LogP contribution is 2.17. The molecule has 0 atom stereocenters. The zero-order valence-electron chi connectivity index (χ0n) is 12.8. The lowest BCUT2D eigenvalue weighted by Crippen LogP contribution is -2.01. The summed E-state index contributed by atoms with van der Waals surface area (Å²) in [7, 11) is 0. The van der Waals surface area contributed by atoms with Gasteiger partial charge in [0.2, 0.25) is 5.78 Å². The molecule has 0 saturated heterocycles. The molecule has 0 aliphatic heterocycles. The highest BCUT2D eigenvalue weighted by Gasteiger charge is 2.15. The molecule has 0 radical (unpaired) electrons. The topological polar surface area (TPSA) is 47.8 Å². The molecule has 24 heavy (non-hydrogen) atoms. The van der Waals surface area contributed by atoms with Crippen LogP contribution in [-0.4, -0.2) is 20.8 Å². The number of carbonyl (C=O) groups is 1. The fourth-order valence-corrected chi connectivity index (χ4v) is 2.60. The second-order valence-corrected chi connectivity index (χ2v) is 6.51. The lowest BCUT2D eigenvalue weighted by atomic mass is 10.1. The third kappa shape index (κ3) is 3.63. The van der Waals surface area contributed by atoms with Crippen LogP contribution in [0.4, 0.5) is 0 Å². The van der Waals surface area contributed by atoms with Crippen LogP contribution in [0.3, 0.4) is 0 Å². The largest absolute Gasteiger partial charge is 0.287 e. The molecule has 0 amide bonds. The molecule has 0 fully saturated rings. The van der Waals surface area contributed by atoms with Crippen molar-refractivity contribution in [3.05, 3.63) is 81.1 Å². The minimum Gasteiger partial charge on any atom is -0.287 e. The van der Waals surface area contributed by atoms with E-state index in [1.165, 1.54) is 6.08 Å². The van der Waals surface area contributed by atoms with Gasteiger partial charge < -0.3 is 0 Å². The van der Waals surface area contributed by atoms with Gasteiger partial charge in [-0.3, -0.25) is 4.79 Å². The Bertz CT molecular complexity index is 899. The second kappa shape index (κ2) is 7.11. The number of hydrogen-bond acceptors (Lipinski definition) is 3. The molecule has 1 aromatic heterocycles. The number of allylic oxidation sites excluding steroid dienone is 1. The van der Waals surface area contributed by atoms with Crippen LogP contribution >= 0.6 is 27.5 Å². The minimum absolute atomic E-state index is 0.189. The van der Waals surface area contributed by atoms with Gasteiger partial charge in [0.05, 0.1) is 11.4 Å². The van der Waals surface area contributed by atoms with E-state index in [1.54, 1.807) is 22.9 Å². The van der Waals surface area contributed by atoms with Crippen LogP contribution in [0, 0.1) is 6.92 Å². The molecular formula is C18H13BrClN3O. The third-order valence-corrected chi connectivity index (χ3v) is 4.28. The molecule has 0 aliphatic carbocycles. The Labute approximate surface area is 152 Å². The second-order valence-electron chi connectivity index (χ2n) is 5.16. The van der Waals surface area contributed by atoms with Crippen LogP contribution in [0.2, 0.25) is 5.02 Å². The van der Waals surface area contributed by atoms with E-state index in [9.17, 15) is 4.79 Å². The standard InChI is InChI=1S/C18H13BrClN3O/c1-12-18(17(24)11-4-13-2-7-15(20)8-3-13)21-22-23(12)16-9-5-14(19)6-10-16/h2-11H,1H3/b11-4+. The van der Waals surface area contributed by atoms with E-state index in [-0.39, 0.29) is 5.78 Å². The zero-order valence-corrected chi connectivity index (χ0v) is 15.1. The first-order valence-corrected chi connectivity index (χ1v) is 8.38. The average Bonchev–Trinajstić information content (AvgIpc) is 2.96. The number of benzene rings is 2. The fourth-order valence-electron chi connectivity index (χ4n) is 2.21. The monoisotopic (exact) mass is 401 g/mol. The summed E-state index contributed by atoms with van der Waals surface area (Å²) < 4.78 is 2.63. The Kier molecular flexibility index (Phi) is 4.92. The van der Waals surface area contributed by atoms with Crippen molar-refractivity contribution in [3.63, 3.8) is 0 Å². The molecule has 0 unspecified atom stereocenters. The first-order chi connectivity index (χ1) is 11.5. The highest BCUT2D eigenvalue weighted by atomic mass is 79.9. The van der Waals surface area contributed by atoms with E-state index in [4.69, 9.17) is 11.6 Å². The number of nitrogens with zero attached hydrogens (tertiary/aromatic N) is 3. The Balaban J connectivity index is 1.83. The zero-order chi connectivity index (χ0) is 17.1. The molecular weight excluding hydrogens is 390 g/mol. The van der Waals surface area contributed by atoms with E-state index < -0.39 is 0 Å². The molecule has 6 heteroatoms. The van der Waals surface area contributed by atoms with Gasteiger partial charge in [0, 0.05) is 9.50 Å². The van der Waals surface area contributed by atoms with E-state index in [0.29, 0.717) is 16.4 Å². The van der Waals surface area contributed by atoms with Gasteiger partial charge >= 0.3 is 0 Å². The predicted molar refractivity (Wildman–Crippen MR) is 98.6 cm³/mol. The summed E-state index contributed by atoms with van der Waals surface area (Å²) in [5, 5.41) is 8.76. The van der Waals surface area contributed by atoms with Gasteiger partial charge in [0.1, 0.15) is 0 Å². The fraction of sp³-hybridized carbons (Fsp3) is 0.0556. The lowest BCUT2D eigenvalue weighted by Gasteiger charge is -2.03. The maximum atomic E-state index is 12.4. The molecule has 2 aromatic carbocycles. The smallest absolute Gasteiger partial charge is 0.208 e. The highest BCUT2D eigenvalue weighted by molar-refractivity contribution is 9.10. The predicted octanol–water partition coefficient (Wildman–Crippen LogP) is 4.89. The lowest BCUT2D eigenvalue weighted by molar-refractivity contribution is 0.104. The molecule has 0 spiro atoms. The quantitative estimate of drug-likeness (QED) is 0.461. The van der Waals surface area contributed by atoms with Crippen molar-refractivity contribution in [3.8, 4) is 5.69 Å². The first-order valence-electron chi connectivity index (χ1n) is 7.21. The summed E-state index contributed by atoms with van der Waals surface area (Å²) >= 11 is 9.24. The van der Waals surface area contributed by atoms with Gasteiger partial charge in [0.25, 0.3) is 0 Å². The summed E-state index contributed by atoms with van der Waals surface area (Å²) in [6, 6.07) is 14.9. The van der Waals surface area contributed by atoms with Crippen LogP contribution in [0.15, 0.2) is 59.1 Å². The number of ketones is 1. The van der Waals surface area contributed by atoms with E-state index in [1.807, 2.05) is 43.3 Å². The summed E-state index contributed by atoms with van der Waals surface area (Å²) in [6.07, 6.45) is 3.23. The third-order valence-electron chi connectivity index (χ3n) is 3.50. The molecule has 0 N–H and O–H groups in total. The molecule has 1 heterocycles. The van der Waals surface area contributed by atoms with Gasteiger partial charge in [0.15, 0.2) is 5.69 Å². The van der Waals surface area contributed by atoms with Crippen molar-refractivity contribution in [1.29, 1.82) is 0 Å². The normalized spacial score (nSPS) is 11.1. The summed E-state index contributed by atoms with van der Waals surface area (Å²) in [4.78, 5) is 12.4. The van der Waals surface area contributed by atoms with Crippen LogP contribution in [0.25, 0.3) is 11.8 Å². The Morgan fingerprint density at radius 2 is 1.79 bits per heavy atom. The molecule has 0 saturated carbocycles. The van der Waals surface area contributed by atoms with Gasteiger partial charge in [-0.1, -0.05) is 51.0 Å². The number of hydrogen-bond donors (Lipinski definition) is 0. The van der Waals surface area contributed by atoms with Crippen molar-refractivity contribution < 1.29 is 4.79 Å². The maximum Gasteiger partial charge on any atom is 0.208 e. The van der Waals surface area contributed by atoms with Crippen LogP contribution in [0.5, 0.6) is 0 Å². The number of aromatic nitrogens is 3. The van der Waals surface area contributed by atoms with E-state index in [2.05, 4.69) is 26.2 Å². The van der Waals surface area contributed by atoms with Gasteiger partial charge in [-0.25, -0.2) is 4.68 Å². The van der Waals surface area contributed by atoms with Gasteiger partial charge in [-0.05, 0) is 55.0 Å². The number of carbonyl (C=O) groups excluding carboxylic acids is 1. The molecule has 0 bridgehead atoms. The first kappa shape index (κ1) is 16.6. The Hall–Kier alpha value is -2.24. The van der Waals surface area contributed by atoms with Crippen molar-refractivity contribution in [2.24, 2.45) is 0 Å². The summed E-state index contributed by atoms with van der Waals surface area (Å²) in [5.41, 5.74) is 2.78. The Morgan fingerprint density at radius 3 is 2.46 bits per heavy atom. The van der Waals surface area contributed by atoms with Crippen molar-refractivity contribution in [2.45, 2.75) is 6.92 Å². The number of halogens is 2. The molecule has 4 nitrogen and oxygen atoms in total. The Morgan fingerprint density at radius 1 is 1.12 bits per heavy atom. The van der Waals surface area contributed by atoms with Gasteiger partial charge in [-0.15, -0.1) is 5.10 Å². The van der Waals surface area contributed by atoms with Gasteiger partial charge in [-0.2, -0.15) is 0 Å². The summed E-state index contributed by atoms with van der Waals surface area (Å²) in [5.74, 6) is -0.189. The van der Waals surface area contributed by atoms with E-state index in [0.717, 1.165) is 15.7 Å². The average molecular weight is 403 g/mol. The number of rotatable bonds is 4. The molecule has 3 aromatic rings. The van der Waals surface area contributed by atoms with Crippen LogP contribution in [0.1, 0.15) is 21.7 Å². The minimum atomic E-state index is -0.189. The molecule has 3 rings (SSSR count). The van der Waals surface area contributed by atoms with Crippen molar-refractivity contribution in [1.82, 2.24) is 15.0 Å². The molecule has 0 aliphatic rings. The van der Waals surface area contributed by atoms with Crippen molar-refractivity contribution >= 4 is 39.4 Å². The van der Waals surface area contributed by atoms with Crippen molar-refractivity contribution in [2.75, 3.05) is 0 Å². The van der Waals surface area contributed by atoms with Crippen LogP contribution in [-0.2, 0) is 0 Å². The van der Waals surface area contributed by atoms with Crippen LogP contribution < -0.4 is 0 Å².